The van der Waals surface area contributed by atoms with E-state index in [1.54, 1.807) is 4.68 Å². The lowest BCUT2D eigenvalue weighted by atomic mass is 9.82. The van der Waals surface area contributed by atoms with Crippen molar-refractivity contribution in [2.45, 2.75) is 38.2 Å². The molecule has 0 amide bonds. The van der Waals surface area contributed by atoms with Crippen LogP contribution in [0.1, 0.15) is 47.5 Å². The lowest BCUT2D eigenvalue weighted by Crippen LogP contribution is -2.20. The minimum Gasteiger partial charge on any atom is -0.386 e. The Morgan fingerprint density at radius 2 is 2.32 bits per heavy atom. The van der Waals surface area contributed by atoms with E-state index in [0.29, 0.717) is 0 Å². The van der Waals surface area contributed by atoms with Crippen LogP contribution in [0.3, 0.4) is 0 Å². The first-order valence-electron chi connectivity index (χ1n) is 6.79. The zero-order valence-corrected chi connectivity index (χ0v) is 11.4. The minimum absolute atomic E-state index is 0.0831. The molecule has 1 aliphatic carbocycles. The first-order valence-corrected chi connectivity index (χ1v) is 6.79. The average molecular weight is 257 g/mol. The van der Waals surface area contributed by atoms with E-state index in [0.717, 1.165) is 36.3 Å². The Labute approximate surface area is 113 Å². The maximum atomic E-state index is 10.7. The molecule has 0 fully saturated rings. The molecule has 3 rings (SSSR count). The fourth-order valence-corrected chi connectivity index (χ4v) is 3.07. The molecule has 100 valence electrons. The third kappa shape index (κ3) is 2.16. The van der Waals surface area contributed by atoms with Gasteiger partial charge in [0.1, 0.15) is 6.10 Å². The highest BCUT2D eigenvalue weighted by Gasteiger charge is 2.30. The van der Waals surface area contributed by atoms with Gasteiger partial charge in [-0.05, 0) is 43.9 Å². The Balaban J connectivity index is 1.97. The summed E-state index contributed by atoms with van der Waals surface area (Å²) in [6.45, 7) is 1.95. The Kier molecular flexibility index (Phi) is 3.11. The summed E-state index contributed by atoms with van der Waals surface area (Å²) in [7, 11) is 1.88. The highest BCUT2D eigenvalue weighted by atomic mass is 16.3. The highest BCUT2D eigenvalue weighted by molar-refractivity contribution is 5.29. The Morgan fingerprint density at radius 1 is 1.47 bits per heavy atom. The van der Waals surface area contributed by atoms with Crippen molar-refractivity contribution in [1.29, 1.82) is 0 Å². The Hall–Kier alpha value is -1.68. The molecule has 0 radical (unpaired) electrons. The molecule has 1 aliphatic rings. The van der Waals surface area contributed by atoms with Gasteiger partial charge in [0.05, 0.1) is 11.4 Å². The van der Waals surface area contributed by atoms with Gasteiger partial charge in [0, 0.05) is 24.9 Å². The van der Waals surface area contributed by atoms with Crippen molar-refractivity contribution >= 4 is 0 Å². The van der Waals surface area contributed by atoms with Crippen LogP contribution in [-0.2, 0) is 13.5 Å². The molecule has 2 atom stereocenters. The van der Waals surface area contributed by atoms with Crippen molar-refractivity contribution in [2.24, 2.45) is 7.05 Å². The SMILES string of the molecule is Cc1cc(C(O)C2CCCc3cccnc32)n(C)n1. The van der Waals surface area contributed by atoms with Crippen molar-refractivity contribution in [2.75, 3.05) is 0 Å². The fraction of sp³-hybridized carbons (Fsp3) is 0.467. The average Bonchev–Trinajstić information content (AvgIpc) is 2.76. The van der Waals surface area contributed by atoms with E-state index >= 15 is 0 Å². The first-order chi connectivity index (χ1) is 9.16. The summed E-state index contributed by atoms with van der Waals surface area (Å²) < 4.78 is 1.78. The zero-order valence-electron chi connectivity index (χ0n) is 11.4. The monoisotopic (exact) mass is 257 g/mol. The largest absolute Gasteiger partial charge is 0.386 e. The highest BCUT2D eigenvalue weighted by Crippen LogP contribution is 2.38. The molecule has 2 unspecified atom stereocenters. The molecule has 2 heterocycles. The van der Waals surface area contributed by atoms with Crippen LogP contribution in [0, 0.1) is 6.92 Å². The summed E-state index contributed by atoms with van der Waals surface area (Å²) >= 11 is 0. The third-order valence-electron chi connectivity index (χ3n) is 3.96. The smallest absolute Gasteiger partial charge is 0.104 e. The van der Waals surface area contributed by atoms with Gasteiger partial charge in [-0.3, -0.25) is 9.67 Å². The molecule has 0 aromatic carbocycles. The van der Waals surface area contributed by atoms with Gasteiger partial charge in [-0.1, -0.05) is 6.07 Å². The summed E-state index contributed by atoms with van der Waals surface area (Å²) in [5, 5.41) is 15.0. The van der Waals surface area contributed by atoms with Crippen molar-refractivity contribution < 1.29 is 5.11 Å². The normalized spacial score (nSPS) is 20.1. The molecule has 4 heteroatoms. The van der Waals surface area contributed by atoms with Crippen LogP contribution < -0.4 is 0 Å². The number of pyridine rings is 1. The van der Waals surface area contributed by atoms with Gasteiger partial charge in [0.2, 0.25) is 0 Å². The molecule has 4 nitrogen and oxygen atoms in total. The van der Waals surface area contributed by atoms with Crippen molar-refractivity contribution in [1.82, 2.24) is 14.8 Å². The molecule has 0 spiro atoms. The number of aryl methyl sites for hydroxylation is 3. The summed E-state index contributed by atoms with van der Waals surface area (Å²) in [5.41, 5.74) is 4.14. The van der Waals surface area contributed by atoms with Crippen LogP contribution >= 0.6 is 0 Å². The van der Waals surface area contributed by atoms with E-state index in [9.17, 15) is 5.11 Å². The second-order valence-electron chi connectivity index (χ2n) is 5.33. The molecule has 0 saturated carbocycles. The van der Waals surface area contributed by atoms with Crippen LogP contribution in [0.2, 0.25) is 0 Å². The number of rotatable bonds is 2. The molecule has 0 bridgehead atoms. The molecule has 0 aliphatic heterocycles. The number of nitrogens with zero attached hydrogens (tertiary/aromatic N) is 3. The van der Waals surface area contributed by atoms with Crippen LogP contribution in [0.25, 0.3) is 0 Å². The van der Waals surface area contributed by atoms with Crippen LogP contribution in [-0.4, -0.2) is 19.9 Å². The number of hydrogen-bond acceptors (Lipinski definition) is 3. The maximum absolute atomic E-state index is 10.7. The van der Waals surface area contributed by atoms with Crippen molar-refractivity contribution in [3.8, 4) is 0 Å². The van der Waals surface area contributed by atoms with E-state index in [-0.39, 0.29) is 5.92 Å². The zero-order chi connectivity index (χ0) is 13.4. The summed E-state index contributed by atoms with van der Waals surface area (Å²) in [6.07, 6.45) is 4.45. The fourth-order valence-electron chi connectivity index (χ4n) is 3.07. The number of fused-ring (bicyclic) bond motifs is 1. The van der Waals surface area contributed by atoms with Crippen molar-refractivity contribution in [3.63, 3.8) is 0 Å². The van der Waals surface area contributed by atoms with Gasteiger partial charge < -0.3 is 5.11 Å². The van der Waals surface area contributed by atoms with Crippen molar-refractivity contribution in [3.05, 3.63) is 47.0 Å². The van der Waals surface area contributed by atoms with E-state index < -0.39 is 6.10 Å². The van der Waals surface area contributed by atoms with Crippen LogP contribution in [0.5, 0.6) is 0 Å². The number of hydrogen-bond donors (Lipinski definition) is 1. The van der Waals surface area contributed by atoms with Gasteiger partial charge >= 0.3 is 0 Å². The van der Waals surface area contributed by atoms with Crippen LogP contribution in [0.4, 0.5) is 0 Å². The lowest BCUT2D eigenvalue weighted by molar-refractivity contribution is 0.125. The van der Waals surface area contributed by atoms with Gasteiger partial charge in [0.15, 0.2) is 0 Å². The molecule has 2 aromatic rings. The summed E-state index contributed by atoms with van der Waals surface area (Å²) in [6, 6.07) is 6.05. The number of aliphatic hydroxyl groups excluding tert-OH is 1. The molecule has 19 heavy (non-hydrogen) atoms. The number of aromatic nitrogens is 3. The maximum Gasteiger partial charge on any atom is 0.104 e. The first kappa shape index (κ1) is 12.4. The predicted molar refractivity (Wildman–Crippen MR) is 72.8 cm³/mol. The van der Waals surface area contributed by atoms with E-state index in [1.807, 2.05) is 32.3 Å². The third-order valence-corrected chi connectivity index (χ3v) is 3.96. The van der Waals surface area contributed by atoms with Gasteiger partial charge in [-0.2, -0.15) is 5.10 Å². The standard InChI is InChI=1S/C15H19N3O/c1-10-9-13(18(2)17-10)15(19)12-7-3-5-11-6-4-8-16-14(11)12/h4,6,8-9,12,15,19H,3,5,7H2,1-2H3. The second kappa shape index (κ2) is 4.78. The minimum atomic E-state index is -0.528. The topological polar surface area (TPSA) is 50.9 Å². The summed E-state index contributed by atoms with van der Waals surface area (Å²) in [5.74, 6) is 0.0831. The van der Waals surface area contributed by atoms with Crippen LogP contribution in [0.15, 0.2) is 24.4 Å². The van der Waals surface area contributed by atoms with E-state index in [2.05, 4.69) is 16.1 Å². The molecule has 2 aromatic heterocycles. The van der Waals surface area contributed by atoms with E-state index in [4.69, 9.17) is 0 Å². The second-order valence-corrected chi connectivity index (χ2v) is 5.33. The van der Waals surface area contributed by atoms with Gasteiger partial charge in [-0.25, -0.2) is 0 Å². The molecular weight excluding hydrogens is 238 g/mol. The quantitative estimate of drug-likeness (QED) is 0.898. The molecule has 0 saturated heterocycles. The molecule has 1 N–H and O–H groups in total. The Bertz CT molecular complexity index is 591. The number of aliphatic hydroxyl groups is 1. The predicted octanol–water partition coefficient (Wildman–Crippen LogP) is 2.28. The van der Waals surface area contributed by atoms with E-state index in [1.165, 1.54) is 5.56 Å². The Morgan fingerprint density at radius 3 is 3.05 bits per heavy atom. The lowest BCUT2D eigenvalue weighted by Gasteiger charge is -2.28. The van der Waals surface area contributed by atoms with Gasteiger partial charge in [-0.15, -0.1) is 0 Å². The summed E-state index contributed by atoms with van der Waals surface area (Å²) in [4.78, 5) is 4.49. The molecular formula is C15H19N3O. The van der Waals surface area contributed by atoms with Gasteiger partial charge in [0.25, 0.3) is 0 Å².